The molecule has 0 aromatic heterocycles. The number of nitrogens with two attached hydrogens (primary N) is 1. The summed E-state index contributed by atoms with van der Waals surface area (Å²) in [5, 5.41) is 0. The molecule has 15 heavy (non-hydrogen) atoms. The van der Waals surface area contributed by atoms with Crippen molar-refractivity contribution in [3.63, 3.8) is 0 Å². The van der Waals surface area contributed by atoms with Crippen molar-refractivity contribution in [2.75, 3.05) is 7.11 Å². The molecule has 1 unspecified atom stereocenters. The number of benzene rings is 1. The van der Waals surface area contributed by atoms with E-state index in [1.165, 1.54) is 19.2 Å². The molecule has 1 rings (SSSR count). The van der Waals surface area contributed by atoms with Gasteiger partial charge in [0.2, 0.25) is 0 Å². The Morgan fingerprint density at radius 2 is 2.20 bits per heavy atom. The molecule has 2 N–H and O–H groups in total. The molecule has 0 spiro atoms. The van der Waals surface area contributed by atoms with E-state index in [9.17, 15) is 9.18 Å². The minimum atomic E-state index is -0.890. The van der Waals surface area contributed by atoms with Gasteiger partial charge in [0.15, 0.2) is 11.6 Å². The van der Waals surface area contributed by atoms with Crippen LogP contribution in [0.15, 0.2) is 18.2 Å². The molecule has 0 aliphatic rings. The van der Waals surface area contributed by atoms with Crippen molar-refractivity contribution < 1.29 is 18.7 Å². The van der Waals surface area contributed by atoms with Gasteiger partial charge in [0.05, 0.1) is 7.11 Å². The molecule has 1 aromatic rings. The number of methoxy groups -OCH3 is 1. The summed E-state index contributed by atoms with van der Waals surface area (Å²) >= 11 is 0. The lowest BCUT2D eigenvalue weighted by Crippen LogP contribution is -2.15. The van der Waals surface area contributed by atoms with Crippen molar-refractivity contribution in [2.45, 2.75) is 13.0 Å². The number of halogens is 1. The Hall–Kier alpha value is -1.78. The highest BCUT2D eigenvalue weighted by atomic mass is 19.1. The molecule has 1 aromatic carbocycles. The molecule has 5 heteroatoms. The van der Waals surface area contributed by atoms with Crippen LogP contribution in [0.2, 0.25) is 0 Å². The van der Waals surface area contributed by atoms with Crippen LogP contribution in [0.3, 0.4) is 0 Å². The summed E-state index contributed by atoms with van der Waals surface area (Å²) in [7, 11) is 1.38. The van der Waals surface area contributed by atoms with Gasteiger partial charge in [-0.3, -0.25) is 0 Å². The van der Waals surface area contributed by atoms with Crippen molar-refractivity contribution in [1.29, 1.82) is 0 Å². The second-order valence-electron chi connectivity index (χ2n) is 2.97. The molecule has 0 bridgehead atoms. The normalized spacial score (nSPS) is 11.9. The van der Waals surface area contributed by atoms with Gasteiger partial charge >= 0.3 is 6.09 Å². The maximum absolute atomic E-state index is 13.3. The van der Waals surface area contributed by atoms with Crippen molar-refractivity contribution >= 4 is 6.09 Å². The van der Waals surface area contributed by atoms with Crippen LogP contribution >= 0.6 is 0 Å². The second-order valence-corrected chi connectivity index (χ2v) is 2.97. The van der Waals surface area contributed by atoms with Gasteiger partial charge in [0, 0.05) is 0 Å². The summed E-state index contributed by atoms with van der Waals surface area (Å²) in [6, 6.07) is 4.31. The van der Waals surface area contributed by atoms with Gasteiger partial charge in [-0.15, -0.1) is 0 Å². The topological polar surface area (TPSA) is 61.6 Å². The monoisotopic (exact) mass is 213 g/mol. The van der Waals surface area contributed by atoms with E-state index in [1.807, 2.05) is 0 Å². The minimum absolute atomic E-state index is 0.144. The van der Waals surface area contributed by atoms with E-state index < -0.39 is 18.0 Å². The Kier molecular flexibility index (Phi) is 3.49. The number of hydrogen-bond acceptors (Lipinski definition) is 3. The first-order chi connectivity index (χ1) is 7.04. The molecular weight excluding hydrogens is 201 g/mol. The number of ether oxygens (including phenoxy) is 2. The van der Waals surface area contributed by atoms with Crippen LogP contribution in [-0.4, -0.2) is 13.2 Å². The highest BCUT2D eigenvalue weighted by Gasteiger charge is 2.11. The highest BCUT2D eigenvalue weighted by molar-refractivity contribution is 5.65. The lowest BCUT2D eigenvalue weighted by Gasteiger charge is -2.12. The molecule has 82 valence electrons. The predicted molar refractivity (Wildman–Crippen MR) is 52.0 cm³/mol. The quantitative estimate of drug-likeness (QED) is 0.835. The number of carbonyl (C=O) groups excluding carboxylic acids is 1. The van der Waals surface area contributed by atoms with Gasteiger partial charge in [-0.05, 0) is 24.6 Å². The fourth-order valence-corrected chi connectivity index (χ4v) is 1.18. The highest BCUT2D eigenvalue weighted by Crippen LogP contribution is 2.23. The van der Waals surface area contributed by atoms with Crippen LogP contribution in [0.5, 0.6) is 5.75 Å². The van der Waals surface area contributed by atoms with Gasteiger partial charge in [-0.25, -0.2) is 9.18 Å². The third-order valence-electron chi connectivity index (χ3n) is 1.94. The summed E-state index contributed by atoms with van der Waals surface area (Å²) in [5.41, 5.74) is 5.37. The van der Waals surface area contributed by atoms with Gasteiger partial charge in [0.25, 0.3) is 0 Å². The first-order valence-corrected chi connectivity index (χ1v) is 4.34. The average Bonchev–Trinajstić information content (AvgIpc) is 2.16. The fraction of sp³-hybridized carbons (Fsp3) is 0.300. The molecule has 0 saturated heterocycles. The van der Waals surface area contributed by atoms with Crippen molar-refractivity contribution in [3.05, 3.63) is 29.6 Å². The average molecular weight is 213 g/mol. The lowest BCUT2D eigenvalue weighted by atomic mass is 10.1. The molecule has 4 nitrogen and oxygen atoms in total. The van der Waals surface area contributed by atoms with Crippen LogP contribution in [0, 0.1) is 5.82 Å². The van der Waals surface area contributed by atoms with Gasteiger partial charge in [0.1, 0.15) is 6.10 Å². The number of rotatable bonds is 3. The largest absolute Gasteiger partial charge is 0.494 e. The number of carbonyl (C=O) groups is 1. The Morgan fingerprint density at radius 1 is 1.53 bits per heavy atom. The first kappa shape index (κ1) is 11.3. The zero-order valence-electron chi connectivity index (χ0n) is 8.49. The summed E-state index contributed by atoms with van der Waals surface area (Å²) < 4.78 is 22.7. The smallest absolute Gasteiger partial charge is 0.405 e. The molecule has 0 saturated carbocycles. The molecule has 0 aliphatic heterocycles. The standard InChI is InChI=1S/C10H12FNO3/c1-6(15-10(12)13)7-3-4-9(14-2)8(11)5-7/h3-6H,1-2H3,(H2,12,13). The molecule has 0 aliphatic carbocycles. The van der Waals surface area contributed by atoms with Crippen molar-refractivity contribution in [2.24, 2.45) is 5.73 Å². The molecule has 0 fully saturated rings. The first-order valence-electron chi connectivity index (χ1n) is 4.34. The second kappa shape index (κ2) is 4.63. The fourth-order valence-electron chi connectivity index (χ4n) is 1.18. The van der Waals surface area contributed by atoms with Crippen molar-refractivity contribution in [1.82, 2.24) is 0 Å². The zero-order chi connectivity index (χ0) is 11.4. The summed E-state index contributed by atoms with van der Waals surface area (Å²) in [4.78, 5) is 10.5. The molecule has 0 radical (unpaired) electrons. The summed E-state index contributed by atoms with van der Waals surface area (Å²) in [6.45, 7) is 1.60. The van der Waals surface area contributed by atoms with Crippen molar-refractivity contribution in [3.8, 4) is 5.75 Å². The zero-order valence-corrected chi connectivity index (χ0v) is 8.49. The summed E-state index contributed by atoms with van der Waals surface area (Å²) in [5.74, 6) is -0.361. The van der Waals surface area contributed by atoms with Crippen LogP contribution in [0.1, 0.15) is 18.6 Å². The third-order valence-corrected chi connectivity index (χ3v) is 1.94. The number of hydrogen-bond donors (Lipinski definition) is 1. The minimum Gasteiger partial charge on any atom is -0.494 e. The molecular formula is C10H12FNO3. The van der Waals surface area contributed by atoms with Crippen LogP contribution in [-0.2, 0) is 4.74 Å². The Labute approximate surface area is 86.8 Å². The van der Waals surface area contributed by atoms with E-state index in [0.29, 0.717) is 5.56 Å². The maximum Gasteiger partial charge on any atom is 0.405 e. The van der Waals surface area contributed by atoms with Gasteiger partial charge < -0.3 is 15.2 Å². The van der Waals surface area contributed by atoms with E-state index in [2.05, 4.69) is 0 Å². The summed E-state index contributed by atoms with van der Waals surface area (Å²) in [6.07, 6.45) is -1.47. The van der Waals surface area contributed by atoms with Crippen LogP contribution < -0.4 is 10.5 Å². The van der Waals surface area contributed by atoms with E-state index in [-0.39, 0.29) is 5.75 Å². The third kappa shape index (κ3) is 2.83. The maximum atomic E-state index is 13.3. The number of amides is 1. The Morgan fingerprint density at radius 3 is 2.67 bits per heavy atom. The number of primary amides is 1. The van der Waals surface area contributed by atoms with E-state index in [0.717, 1.165) is 0 Å². The Bertz CT molecular complexity index is 368. The van der Waals surface area contributed by atoms with Gasteiger partial charge in [-0.1, -0.05) is 6.07 Å². The van der Waals surface area contributed by atoms with Gasteiger partial charge in [-0.2, -0.15) is 0 Å². The Balaban J connectivity index is 2.87. The molecule has 1 amide bonds. The predicted octanol–water partition coefficient (Wildman–Crippen LogP) is 1.99. The van der Waals surface area contributed by atoms with E-state index >= 15 is 0 Å². The molecule has 0 heterocycles. The van der Waals surface area contributed by atoms with Crippen LogP contribution in [0.25, 0.3) is 0 Å². The van der Waals surface area contributed by atoms with E-state index in [4.69, 9.17) is 15.2 Å². The SMILES string of the molecule is COc1ccc(C(C)OC(N)=O)cc1F. The van der Waals surface area contributed by atoms with Crippen LogP contribution in [0.4, 0.5) is 9.18 Å². The van der Waals surface area contributed by atoms with E-state index in [1.54, 1.807) is 13.0 Å². The molecule has 1 atom stereocenters. The lowest BCUT2D eigenvalue weighted by molar-refractivity contribution is 0.116.